The van der Waals surface area contributed by atoms with Crippen LogP contribution in [0.4, 0.5) is 0 Å². The summed E-state index contributed by atoms with van der Waals surface area (Å²) in [4.78, 5) is 4.29. The summed E-state index contributed by atoms with van der Waals surface area (Å²) in [6.07, 6.45) is 3.32. The van der Waals surface area contributed by atoms with Crippen molar-refractivity contribution >= 4 is 0 Å². The van der Waals surface area contributed by atoms with Gasteiger partial charge in [-0.25, -0.2) is 0 Å². The van der Waals surface area contributed by atoms with Gasteiger partial charge in [-0.2, -0.15) is 0 Å². The van der Waals surface area contributed by atoms with Gasteiger partial charge in [0.05, 0.1) is 20.3 Å². The smallest absolute Gasteiger partial charge is 0.127 e. The number of piperidine rings is 1. The highest BCUT2D eigenvalue weighted by molar-refractivity contribution is 5.40. The molecule has 2 saturated heterocycles. The number of rotatable bonds is 5. The third-order valence-corrected chi connectivity index (χ3v) is 5.62. The Hall–Kier alpha value is -1.30. The van der Waals surface area contributed by atoms with E-state index in [-0.39, 0.29) is 0 Å². The Labute approximate surface area is 151 Å². The molecule has 2 atom stereocenters. The molecule has 5 nitrogen and oxygen atoms in total. The van der Waals surface area contributed by atoms with Gasteiger partial charge in [0.2, 0.25) is 0 Å². The number of likely N-dealkylation sites (tertiary alicyclic amines) is 1. The molecule has 140 valence electrons. The van der Waals surface area contributed by atoms with E-state index < -0.39 is 0 Å². The zero-order valence-corrected chi connectivity index (χ0v) is 16.1. The Bertz CT molecular complexity index is 548. The Morgan fingerprint density at radius 3 is 2.36 bits per heavy atom. The first-order chi connectivity index (χ1) is 12.1. The zero-order valence-electron chi connectivity index (χ0n) is 16.1. The van der Waals surface area contributed by atoms with Gasteiger partial charge in [-0.1, -0.05) is 6.07 Å². The minimum atomic E-state index is 0.389. The highest BCUT2D eigenvalue weighted by Crippen LogP contribution is 2.26. The zero-order chi connectivity index (χ0) is 17.8. The van der Waals surface area contributed by atoms with E-state index in [1.54, 1.807) is 19.1 Å². The van der Waals surface area contributed by atoms with Crippen LogP contribution < -0.4 is 14.4 Å². The summed E-state index contributed by atoms with van der Waals surface area (Å²) in [6, 6.07) is 6.90. The van der Waals surface area contributed by atoms with Crippen LogP contribution in [0.25, 0.3) is 0 Å². The standard InChI is InChI=1S/C20H32N2O3/c1-15-12-22(13-16(2)25-15)18-7-9-21(10-8-18)14-17-5-6-19(23-3)11-20(17)24-4/h5-6,11,15-16,18H,7-10,12-14H2,1-4H3/p+1. The van der Waals surface area contributed by atoms with Crippen LogP contribution >= 0.6 is 0 Å². The quantitative estimate of drug-likeness (QED) is 0.871. The van der Waals surface area contributed by atoms with Gasteiger partial charge in [0.15, 0.2) is 0 Å². The lowest BCUT2D eigenvalue weighted by Gasteiger charge is -2.41. The second-order valence-electron chi connectivity index (χ2n) is 7.55. The fourth-order valence-corrected chi connectivity index (χ4v) is 4.37. The Balaban J connectivity index is 1.54. The average Bonchev–Trinajstić information content (AvgIpc) is 2.62. The van der Waals surface area contributed by atoms with E-state index in [9.17, 15) is 0 Å². The maximum absolute atomic E-state index is 5.90. The van der Waals surface area contributed by atoms with Crippen LogP contribution in [0.15, 0.2) is 18.2 Å². The molecule has 3 rings (SSSR count). The van der Waals surface area contributed by atoms with Gasteiger partial charge < -0.3 is 19.1 Å². The molecule has 5 heteroatoms. The van der Waals surface area contributed by atoms with Crippen molar-refractivity contribution in [3.8, 4) is 11.5 Å². The van der Waals surface area contributed by atoms with Crippen molar-refractivity contribution in [3.05, 3.63) is 23.8 Å². The molecule has 0 bridgehead atoms. The van der Waals surface area contributed by atoms with Gasteiger partial charge in [0.1, 0.15) is 36.8 Å². The number of nitrogens with one attached hydrogen (secondary N) is 1. The first kappa shape index (κ1) is 18.5. The van der Waals surface area contributed by atoms with Gasteiger partial charge in [-0.3, -0.25) is 4.90 Å². The van der Waals surface area contributed by atoms with E-state index >= 15 is 0 Å². The number of morpholine rings is 1. The van der Waals surface area contributed by atoms with Gasteiger partial charge in [0.25, 0.3) is 0 Å². The number of benzene rings is 1. The topological polar surface area (TPSA) is 35.4 Å². The Morgan fingerprint density at radius 2 is 1.76 bits per heavy atom. The summed E-state index contributed by atoms with van der Waals surface area (Å²) in [7, 11) is 3.42. The molecule has 0 spiro atoms. The predicted octanol–water partition coefficient (Wildman–Crippen LogP) is 1.36. The van der Waals surface area contributed by atoms with Gasteiger partial charge >= 0.3 is 0 Å². The van der Waals surface area contributed by atoms with Crippen LogP contribution in [0, 0.1) is 0 Å². The number of hydrogen-bond acceptors (Lipinski definition) is 4. The summed E-state index contributed by atoms with van der Waals surface area (Å²) in [5, 5.41) is 0. The van der Waals surface area contributed by atoms with Crippen molar-refractivity contribution in [2.75, 3.05) is 40.4 Å². The lowest BCUT2D eigenvalue weighted by molar-refractivity contribution is -0.940. The van der Waals surface area contributed by atoms with E-state index in [2.05, 4.69) is 24.8 Å². The van der Waals surface area contributed by atoms with Crippen LogP contribution in [0.5, 0.6) is 11.5 Å². The summed E-state index contributed by atoms with van der Waals surface area (Å²) >= 11 is 0. The van der Waals surface area contributed by atoms with Crippen LogP contribution in [-0.4, -0.2) is 63.5 Å². The summed E-state index contributed by atoms with van der Waals surface area (Å²) in [5.41, 5.74) is 1.24. The maximum atomic E-state index is 5.90. The van der Waals surface area contributed by atoms with Crippen molar-refractivity contribution in [1.29, 1.82) is 0 Å². The largest absolute Gasteiger partial charge is 0.497 e. The minimum Gasteiger partial charge on any atom is -0.497 e. The fourth-order valence-electron chi connectivity index (χ4n) is 4.37. The molecule has 0 aromatic heterocycles. The molecule has 1 aromatic carbocycles. The Morgan fingerprint density at radius 1 is 1.08 bits per heavy atom. The molecule has 2 aliphatic heterocycles. The second-order valence-corrected chi connectivity index (χ2v) is 7.55. The molecular weight excluding hydrogens is 316 g/mol. The molecule has 0 radical (unpaired) electrons. The molecule has 2 unspecified atom stereocenters. The van der Waals surface area contributed by atoms with Gasteiger partial charge in [-0.05, 0) is 19.9 Å². The lowest BCUT2D eigenvalue weighted by Crippen LogP contribution is -3.19. The van der Waals surface area contributed by atoms with E-state index in [4.69, 9.17) is 14.2 Å². The van der Waals surface area contributed by atoms with Crippen LogP contribution in [0.3, 0.4) is 0 Å². The van der Waals surface area contributed by atoms with E-state index in [0.717, 1.165) is 50.3 Å². The highest BCUT2D eigenvalue weighted by Gasteiger charge is 2.33. The number of nitrogens with zero attached hydrogens (tertiary/aromatic N) is 1. The van der Waals surface area contributed by atoms with Crippen LogP contribution in [0.1, 0.15) is 32.3 Å². The highest BCUT2D eigenvalue weighted by atomic mass is 16.5. The molecule has 0 aliphatic carbocycles. The third kappa shape index (κ3) is 4.66. The van der Waals surface area contributed by atoms with Gasteiger partial charge in [0, 0.05) is 44.1 Å². The predicted molar refractivity (Wildman–Crippen MR) is 98.6 cm³/mol. The second kappa shape index (κ2) is 8.39. The number of hydrogen-bond donors (Lipinski definition) is 1. The molecule has 0 amide bonds. The monoisotopic (exact) mass is 349 g/mol. The minimum absolute atomic E-state index is 0.389. The number of methoxy groups -OCH3 is 2. The maximum Gasteiger partial charge on any atom is 0.127 e. The van der Waals surface area contributed by atoms with E-state index in [1.165, 1.54) is 18.4 Å². The first-order valence-corrected chi connectivity index (χ1v) is 9.52. The van der Waals surface area contributed by atoms with E-state index in [0.29, 0.717) is 12.2 Å². The van der Waals surface area contributed by atoms with Crippen molar-refractivity contribution in [2.24, 2.45) is 0 Å². The molecule has 2 aliphatic rings. The average molecular weight is 349 g/mol. The number of quaternary nitrogens is 1. The van der Waals surface area contributed by atoms with Crippen molar-refractivity contribution in [1.82, 2.24) is 4.90 Å². The molecule has 0 saturated carbocycles. The van der Waals surface area contributed by atoms with Crippen molar-refractivity contribution in [3.63, 3.8) is 0 Å². The van der Waals surface area contributed by atoms with E-state index in [1.807, 2.05) is 12.1 Å². The summed E-state index contributed by atoms with van der Waals surface area (Å²) in [6.45, 7) is 10.00. The third-order valence-electron chi connectivity index (χ3n) is 5.62. The SMILES string of the molecule is COc1ccc(CN2CCC([NH+]3CC(C)OC(C)C3)CC2)c(OC)c1. The molecular formula is C20H33N2O3+. The molecule has 2 fully saturated rings. The molecule has 1 aromatic rings. The number of ether oxygens (including phenoxy) is 3. The molecule has 1 N–H and O–H groups in total. The van der Waals surface area contributed by atoms with Crippen LogP contribution in [-0.2, 0) is 11.3 Å². The first-order valence-electron chi connectivity index (χ1n) is 9.52. The fraction of sp³-hybridized carbons (Fsp3) is 0.700. The van der Waals surface area contributed by atoms with Crippen LogP contribution in [0.2, 0.25) is 0 Å². The summed E-state index contributed by atoms with van der Waals surface area (Å²) < 4.78 is 16.7. The Kier molecular flexibility index (Phi) is 6.20. The van der Waals surface area contributed by atoms with Gasteiger partial charge in [-0.15, -0.1) is 0 Å². The normalized spacial score (nSPS) is 28.7. The van der Waals surface area contributed by atoms with Crippen molar-refractivity contribution in [2.45, 2.75) is 51.5 Å². The summed E-state index contributed by atoms with van der Waals surface area (Å²) in [5.74, 6) is 1.77. The molecule has 2 heterocycles. The molecule has 25 heavy (non-hydrogen) atoms. The van der Waals surface area contributed by atoms with Crippen molar-refractivity contribution < 1.29 is 19.1 Å². The lowest BCUT2D eigenvalue weighted by atomic mass is 10.0.